The molecule has 15 heavy (non-hydrogen) atoms. The van der Waals surface area contributed by atoms with Crippen LogP contribution in [0.1, 0.15) is 12.5 Å². The molecule has 0 radical (unpaired) electrons. The van der Waals surface area contributed by atoms with Crippen LogP contribution in [0.25, 0.3) is 11.3 Å². The fraction of sp³-hybridized carbons (Fsp3) is 0.154. The standard InChI is InChI=1S/C13H12NO/c1-13(15)11-7-3-2-6-10(11)12-8-4-5-9-14(12)13/h2-9,15H,1H3/q+1. The van der Waals surface area contributed by atoms with E-state index in [9.17, 15) is 5.11 Å². The van der Waals surface area contributed by atoms with E-state index in [1.165, 1.54) is 0 Å². The number of rotatable bonds is 0. The van der Waals surface area contributed by atoms with Gasteiger partial charge in [0, 0.05) is 19.1 Å². The zero-order chi connectivity index (χ0) is 10.5. The molecule has 3 rings (SSSR count). The zero-order valence-corrected chi connectivity index (χ0v) is 8.51. The van der Waals surface area contributed by atoms with Gasteiger partial charge in [-0.05, 0) is 18.2 Å². The predicted molar refractivity (Wildman–Crippen MR) is 57.0 cm³/mol. The van der Waals surface area contributed by atoms with Crippen LogP contribution < -0.4 is 4.57 Å². The van der Waals surface area contributed by atoms with Crippen LogP contribution in [0.2, 0.25) is 0 Å². The molecule has 2 aromatic rings. The molecule has 0 fully saturated rings. The van der Waals surface area contributed by atoms with Gasteiger partial charge in [0.05, 0.1) is 11.1 Å². The Morgan fingerprint density at radius 1 is 1.07 bits per heavy atom. The first-order valence-corrected chi connectivity index (χ1v) is 5.05. The maximum absolute atomic E-state index is 10.5. The quantitative estimate of drug-likeness (QED) is 0.640. The van der Waals surface area contributed by atoms with Crippen molar-refractivity contribution in [2.45, 2.75) is 12.6 Å². The number of pyridine rings is 1. The molecule has 1 unspecified atom stereocenters. The first kappa shape index (κ1) is 8.62. The molecule has 0 saturated carbocycles. The summed E-state index contributed by atoms with van der Waals surface area (Å²) < 4.78 is 1.90. The van der Waals surface area contributed by atoms with E-state index in [-0.39, 0.29) is 0 Å². The third-order valence-corrected chi connectivity index (χ3v) is 3.04. The Bertz CT molecular complexity index is 484. The van der Waals surface area contributed by atoms with Gasteiger partial charge in [-0.25, -0.2) is 0 Å². The number of hydrogen-bond acceptors (Lipinski definition) is 1. The van der Waals surface area contributed by atoms with Crippen molar-refractivity contribution < 1.29 is 9.67 Å². The molecule has 2 heterocycles. The van der Waals surface area contributed by atoms with Gasteiger partial charge in [-0.15, -0.1) is 0 Å². The third kappa shape index (κ3) is 0.997. The number of hydrogen-bond donors (Lipinski definition) is 1. The van der Waals surface area contributed by atoms with Crippen LogP contribution in [-0.4, -0.2) is 5.11 Å². The van der Waals surface area contributed by atoms with Crippen molar-refractivity contribution in [1.29, 1.82) is 0 Å². The van der Waals surface area contributed by atoms with E-state index >= 15 is 0 Å². The Morgan fingerprint density at radius 3 is 2.67 bits per heavy atom. The molecule has 0 saturated heterocycles. The minimum absolute atomic E-state index is 0.923. The van der Waals surface area contributed by atoms with Gasteiger partial charge < -0.3 is 5.11 Å². The normalized spacial score (nSPS) is 22.3. The van der Waals surface area contributed by atoms with Crippen LogP contribution >= 0.6 is 0 Å². The molecule has 1 atom stereocenters. The summed E-state index contributed by atoms with van der Waals surface area (Å²) >= 11 is 0. The molecule has 1 aliphatic rings. The summed E-state index contributed by atoms with van der Waals surface area (Å²) in [5.74, 6) is 0. The van der Waals surface area contributed by atoms with Crippen molar-refractivity contribution in [3.63, 3.8) is 0 Å². The first-order chi connectivity index (χ1) is 7.21. The molecule has 2 heteroatoms. The second-order valence-corrected chi connectivity index (χ2v) is 4.02. The summed E-state index contributed by atoms with van der Waals surface area (Å²) in [6, 6.07) is 13.9. The van der Waals surface area contributed by atoms with Crippen LogP contribution in [0.4, 0.5) is 0 Å². The average molecular weight is 198 g/mol. The number of aliphatic hydroxyl groups is 1. The highest BCUT2D eigenvalue weighted by atomic mass is 16.3. The van der Waals surface area contributed by atoms with Crippen molar-refractivity contribution in [2.24, 2.45) is 0 Å². The number of nitrogens with zero attached hydrogens (tertiary/aromatic N) is 1. The summed E-state index contributed by atoms with van der Waals surface area (Å²) in [5, 5.41) is 10.5. The summed E-state index contributed by atoms with van der Waals surface area (Å²) in [5.41, 5.74) is 2.23. The summed E-state index contributed by atoms with van der Waals surface area (Å²) in [6.07, 6.45) is 1.91. The monoisotopic (exact) mass is 198 g/mol. The molecular weight excluding hydrogens is 186 g/mol. The van der Waals surface area contributed by atoms with Gasteiger partial charge in [0.25, 0.3) is 5.72 Å². The highest BCUT2D eigenvalue weighted by Gasteiger charge is 2.45. The van der Waals surface area contributed by atoms with Crippen molar-refractivity contribution in [1.82, 2.24) is 0 Å². The molecule has 0 aliphatic carbocycles. The van der Waals surface area contributed by atoms with Crippen LogP contribution in [0.15, 0.2) is 48.7 Å². The lowest BCUT2D eigenvalue weighted by Gasteiger charge is -2.12. The lowest BCUT2D eigenvalue weighted by Crippen LogP contribution is -2.52. The molecule has 1 aliphatic heterocycles. The molecule has 0 bridgehead atoms. The highest BCUT2D eigenvalue weighted by molar-refractivity contribution is 5.64. The predicted octanol–water partition coefficient (Wildman–Crippen LogP) is 1.67. The maximum atomic E-state index is 10.5. The Morgan fingerprint density at radius 2 is 1.80 bits per heavy atom. The van der Waals surface area contributed by atoms with Gasteiger partial charge in [0.1, 0.15) is 0 Å². The van der Waals surface area contributed by atoms with Crippen LogP contribution in [0, 0.1) is 0 Å². The second-order valence-electron chi connectivity index (χ2n) is 4.02. The molecule has 2 nitrogen and oxygen atoms in total. The van der Waals surface area contributed by atoms with Gasteiger partial charge in [-0.2, -0.15) is 4.57 Å². The average Bonchev–Trinajstić information content (AvgIpc) is 2.51. The topological polar surface area (TPSA) is 24.1 Å². The molecule has 74 valence electrons. The largest absolute Gasteiger partial charge is 0.331 e. The Balaban J connectivity index is 2.42. The lowest BCUT2D eigenvalue weighted by molar-refractivity contribution is -0.776. The number of aromatic nitrogens is 1. The zero-order valence-electron chi connectivity index (χ0n) is 8.51. The Hall–Kier alpha value is -1.67. The molecular formula is C13H12NO+. The van der Waals surface area contributed by atoms with E-state index < -0.39 is 5.72 Å². The van der Waals surface area contributed by atoms with Gasteiger partial charge in [-0.1, -0.05) is 12.1 Å². The summed E-state index contributed by atoms with van der Waals surface area (Å²) in [7, 11) is 0. The molecule has 1 N–H and O–H groups in total. The minimum atomic E-state index is -0.923. The van der Waals surface area contributed by atoms with E-state index in [1.807, 2.05) is 60.2 Å². The van der Waals surface area contributed by atoms with E-state index in [0.29, 0.717) is 0 Å². The number of benzene rings is 1. The Kier molecular flexibility index (Phi) is 1.54. The van der Waals surface area contributed by atoms with Gasteiger partial charge in [0.2, 0.25) is 5.69 Å². The fourth-order valence-corrected chi connectivity index (χ4v) is 2.29. The summed E-state index contributed by atoms with van der Waals surface area (Å²) in [6.45, 7) is 1.82. The van der Waals surface area contributed by atoms with Gasteiger partial charge >= 0.3 is 0 Å². The van der Waals surface area contributed by atoms with Crippen molar-refractivity contribution >= 4 is 0 Å². The van der Waals surface area contributed by atoms with E-state index in [0.717, 1.165) is 16.8 Å². The number of fused-ring (bicyclic) bond motifs is 3. The summed E-state index contributed by atoms with van der Waals surface area (Å²) in [4.78, 5) is 0. The van der Waals surface area contributed by atoms with E-state index in [2.05, 4.69) is 0 Å². The van der Waals surface area contributed by atoms with Crippen molar-refractivity contribution in [3.8, 4) is 11.3 Å². The first-order valence-electron chi connectivity index (χ1n) is 5.05. The minimum Gasteiger partial charge on any atom is -0.331 e. The molecule has 1 aromatic carbocycles. The van der Waals surface area contributed by atoms with E-state index in [1.54, 1.807) is 0 Å². The third-order valence-electron chi connectivity index (χ3n) is 3.04. The maximum Gasteiger partial charge on any atom is 0.295 e. The second kappa shape index (κ2) is 2.67. The van der Waals surface area contributed by atoms with E-state index in [4.69, 9.17) is 0 Å². The van der Waals surface area contributed by atoms with Gasteiger partial charge in [0.15, 0.2) is 6.20 Å². The highest BCUT2D eigenvalue weighted by Crippen LogP contribution is 2.34. The Labute approximate surface area is 88.4 Å². The van der Waals surface area contributed by atoms with Crippen LogP contribution in [0.3, 0.4) is 0 Å². The molecule has 0 amide bonds. The smallest absolute Gasteiger partial charge is 0.295 e. The van der Waals surface area contributed by atoms with Crippen molar-refractivity contribution in [3.05, 3.63) is 54.2 Å². The molecule has 1 aromatic heterocycles. The fourth-order valence-electron chi connectivity index (χ4n) is 2.29. The van der Waals surface area contributed by atoms with Gasteiger partial charge in [-0.3, -0.25) is 0 Å². The van der Waals surface area contributed by atoms with Crippen LogP contribution in [0.5, 0.6) is 0 Å². The SMILES string of the molecule is CC1(O)c2ccccc2-c2cccc[n+]21. The van der Waals surface area contributed by atoms with Crippen molar-refractivity contribution in [2.75, 3.05) is 0 Å². The molecule has 0 spiro atoms. The van der Waals surface area contributed by atoms with Crippen LogP contribution in [-0.2, 0) is 5.72 Å². The lowest BCUT2D eigenvalue weighted by atomic mass is 10.0.